The molecule has 1 amide bonds. The van der Waals surface area contributed by atoms with Gasteiger partial charge in [0.15, 0.2) is 0 Å². The first-order chi connectivity index (χ1) is 7.09. The van der Waals surface area contributed by atoms with Gasteiger partial charge in [-0.3, -0.25) is 4.79 Å². The molecule has 15 heavy (non-hydrogen) atoms. The Kier molecular flexibility index (Phi) is 2.54. The lowest BCUT2D eigenvalue weighted by Crippen LogP contribution is -2.28. The smallest absolute Gasteiger partial charge is 0.228 e. The van der Waals surface area contributed by atoms with Crippen molar-refractivity contribution >= 4 is 23.2 Å². The summed E-state index contributed by atoms with van der Waals surface area (Å²) in [5.74, 6) is -0.101. The van der Waals surface area contributed by atoms with E-state index >= 15 is 0 Å². The van der Waals surface area contributed by atoms with Crippen LogP contribution in [-0.4, -0.2) is 23.6 Å². The lowest BCUT2D eigenvalue weighted by Gasteiger charge is -2.18. The summed E-state index contributed by atoms with van der Waals surface area (Å²) < 4.78 is 0. The maximum Gasteiger partial charge on any atom is 0.228 e. The molecule has 1 aliphatic heterocycles. The molecule has 1 aromatic carbocycles. The largest absolute Gasteiger partial charge is 0.506 e. The molecule has 1 aliphatic rings. The summed E-state index contributed by atoms with van der Waals surface area (Å²) in [7, 11) is 0. The summed E-state index contributed by atoms with van der Waals surface area (Å²) in [5, 5.41) is 10.00. The first-order valence-electron chi connectivity index (χ1n) is 4.63. The average Bonchev–Trinajstić information content (AvgIpc) is 2.45. The zero-order chi connectivity index (χ0) is 11.0. The highest BCUT2D eigenvalue weighted by molar-refractivity contribution is 6.34. The normalized spacial score (nSPS) is 21.1. The Balaban J connectivity index is 2.41. The fourth-order valence-electron chi connectivity index (χ4n) is 1.72. The van der Waals surface area contributed by atoms with Crippen molar-refractivity contribution in [3.63, 3.8) is 0 Å². The topological polar surface area (TPSA) is 66.6 Å². The van der Waals surface area contributed by atoms with Crippen LogP contribution < -0.4 is 10.6 Å². The minimum absolute atomic E-state index is 0.00458. The van der Waals surface area contributed by atoms with Gasteiger partial charge in [0.25, 0.3) is 0 Å². The third kappa shape index (κ3) is 1.78. The SMILES string of the molecule is NC1CC(=O)N(c2c(O)cccc2Cl)C1. The van der Waals surface area contributed by atoms with Crippen molar-refractivity contribution in [3.05, 3.63) is 23.2 Å². The molecule has 2 rings (SSSR count). The Morgan fingerprint density at radius 3 is 2.80 bits per heavy atom. The number of phenols is 1. The molecule has 80 valence electrons. The number of hydrogen-bond donors (Lipinski definition) is 2. The third-order valence-electron chi connectivity index (χ3n) is 2.39. The first kappa shape index (κ1) is 10.3. The molecule has 1 atom stereocenters. The van der Waals surface area contributed by atoms with Crippen LogP contribution in [0.15, 0.2) is 18.2 Å². The standard InChI is InChI=1S/C10H11ClN2O2/c11-7-2-1-3-8(14)10(7)13-5-6(12)4-9(13)15/h1-3,6,14H,4-5,12H2. The van der Waals surface area contributed by atoms with E-state index in [0.717, 1.165) is 0 Å². The molecular weight excluding hydrogens is 216 g/mol. The second kappa shape index (κ2) is 3.72. The van der Waals surface area contributed by atoms with E-state index in [4.69, 9.17) is 17.3 Å². The third-order valence-corrected chi connectivity index (χ3v) is 2.70. The molecule has 1 unspecified atom stereocenters. The minimum atomic E-state index is -0.187. The number of anilines is 1. The molecule has 1 fully saturated rings. The number of halogens is 1. The molecule has 0 spiro atoms. The quantitative estimate of drug-likeness (QED) is 0.754. The Labute approximate surface area is 92.2 Å². The molecule has 5 heteroatoms. The molecule has 3 N–H and O–H groups in total. The Bertz CT molecular complexity index is 388. The minimum Gasteiger partial charge on any atom is -0.506 e. The number of hydrogen-bond acceptors (Lipinski definition) is 3. The molecule has 1 heterocycles. The van der Waals surface area contributed by atoms with Gasteiger partial charge in [-0.25, -0.2) is 0 Å². The Morgan fingerprint density at radius 2 is 2.27 bits per heavy atom. The van der Waals surface area contributed by atoms with Crippen LogP contribution in [0.3, 0.4) is 0 Å². The number of aromatic hydroxyl groups is 1. The average molecular weight is 227 g/mol. The van der Waals surface area contributed by atoms with Gasteiger partial charge in [0, 0.05) is 19.0 Å². The van der Waals surface area contributed by atoms with Crippen molar-refractivity contribution in [2.75, 3.05) is 11.4 Å². The molecule has 0 aromatic heterocycles. The highest BCUT2D eigenvalue weighted by Gasteiger charge is 2.30. The number of amides is 1. The van der Waals surface area contributed by atoms with Gasteiger partial charge >= 0.3 is 0 Å². The van der Waals surface area contributed by atoms with Gasteiger partial charge in [0.1, 0.15) is 11.4 Å². The summed E-state index contributed by atoms with van der Waals surface area (Å²) in [4.78, 5) is 13.0. The second-order valence-electron chi connectivity index (χ2n) is 3.58. The lowest BCUT2D eigenvalue weighted by molar-refractivity contribution is -0.117. The number of phenolic OH excluding ortho intramolecular Hbond substituents is 1. The Hall–Kier alpha value is -1.26. The van der Waals surface area contributed by atoms with Crippen molar-refractivity contribution in [1.82, 2.24) is 0 Å². The summed E-state index contributed by atoms with van der Waals surface area (Å²) in [6.45, 7) is 0.399. The highest BCUT2D eigenvalue weighted by Crippen LogP contribution is 2.36. The monoisotopic (exact) mass is 226 g/mol. The predicted octanol–water partition coefficient (Wildman–Crippen LogP) is 1.11. The molecule has 0 radical (unpaired) electrons. The molecular formula is C10H11ClN2O2. The summed E-state index contributed by atoms with van der Waals surface area (Å²) >= 11 is 5.93. The van der Waals surface area contributed by atoms with Crippen molar-refractivity contribution < 1.29 is 9.90 Å². The number of para-hydroxylation sites is 1. The zero-order valence-corrected chi connectivity index (χ0v) is 8.74. The van der Waals surface area contributed by atoms with Gasteiger partial charge in [-0.05, 0) is 12.1 Å². The number of benzene rings is 1. The fraction of sp³-hybridized carbons (Fsp3) is 0.300. The van der Waals surface area contributed by atoms with E-state index in [2.05, 4.69) is 0 Å². The van der Waals surface area contributed by atoms with Crippen LogP contribution in [0, 0.1) is 0 Å². The van der Waals surface area contributed by atoms with E-state index in [0.29, 0.717) is 23.7 Å². The van der Waals surface area contributed by atoms with Gasteiger partial charge in [-0.2, -0.15) is 0 Å². The Morgan fingerprint density at radius 1 is 1.53 bits per heavy atom. The molecule has 1 saturated heterocycles. The van der Waals surface area contributed by atoms with Crippen LogP contribution >= 0.6 is 11.6 Å². The van der Waals surface area contributed by atoms with E-state index in [1.165, 1.54) is 11.0 Å². The number of carbonyl (C=O) groups excluding carboxylic acids is 1. The van der Waals surface area contributed by atoms with Crippen molar-refractivity contribution in [1.29, 1.82) is 0 Å². The number of rotatable bonds is 1. The molecule has 0 saturated carbocycles. The maximum absolute atomic E-state index is 11.6. The van der Waals surface area contributed by atoms with Crippen molar-refractivity contribution in [3.8, 4) is 5.75 Å². The van der Waals surface area contributed by atoms with E-state index in [9.17, 15) is 9.90 Å². The maximum atomic E-state index is 11.6. The van der Waals surface area contributed by atoms with Crippen LogP contribution in [0.25, 0.3) is 0 Å². The number of carbonyl (C=O) groups is 1. The molecule has 1 aromatic rings. The van der Waals surface area contributed by atoms with E-state index < -0.39 is 0 Å². The number of nitrogens with two attached hydrogens (primary N) is 1. The van der Waals surface area contributed by atoms with Gasteiger partial charge in [-0.1, -0.05) is 17.7 Å². The van der Waals surface area contributed by atoms with Crippen molar-refractivity contribution in [2.45, 2.75) is 12.5 Å². The van der Waals surface area contributed by atoms with E-state index in [1.54, 1.807) is 12.1 Å². The van der Waals surface area contributed by atoms with Crippen LogP contribution in [0.5, 0.6) is 5.75 Å². The van der Waals surface area contributed by atoms with Crippen LogP contribution in [0.4, 0.5) is 5.69 Å². The van der Waals surface area contributed by atoms with Gasteiger partial charge in [0.05, 0.1) is 5.02 Å². The van der Waals surface area contributed by atoms with Crippen molar-refractivity contribution in [2.24, 2.45) is 5.73 Å². The second-order valence-corrected chi connectivity index (χ2v) is 3.98. The molecule has 4 nitrogen and oxygen atoms in total. The van der Waals surface area contributed by atoms with E-state index in [-0.39, 0.29) is 17.7 Å². The number of nitrogens with zero attached hydrogens (tertiary/aromatic N) is 1. The summed E-state index contributed by atoms with van der Waals surface area (Å²) in [6.07, 6.45) is 0.296. The predicted molar refractivity (Wildman–Crippen MR) is 58.1 cm³/mol. The zero-order valence-electron chi connectivity index (χ0n) is 7.98. The summed E-state index contributed by atoms with van der Waals surface area (Å²) in [5.41, 5.74) is 6.02. The molecule has 0 aliphatic carbocycles. The summed E-state index contributed by atoms with van der Waals surface area (Å²) in [6, 6.07) is 4.57. The molecule has 0 bridgehead atoms. The fourth-order valence-corrected chi connectivity index (χ4v) is 1.99. The van der Waals surface area contributed by atoms with Gasteiger partial charge in [-0.15, -0.1) is 0 Å². The van der Waals surface area contributed by atoms with Crippen LogP contribution in [0.2, 0.25) is 5.02 Å². The lowest BCUT2D eigenvalue weighted by atomic mass is 10.2. The highest BCUT2D eigenvalue weighted by atomic mass is 35.5. The van der Waals surface area contributed by atoms with Crippen LogP contribution in [-0.2, 0) is 4.79 Å². The van der Waals surface area contributed by atoms with E-state index in [1.807, 2.05) is 0 Å². The van der Waals surface area contributed by atoms with Gasteiger partial charge < -0.3 is 15.7 Å². The van der Waals surface area contributed by atoms with Gasteiger partial charge in [0.2, 0.25) is 5.91 Å². The van der Waals surface area contributed by atoms with Crippen LogP contribution in [0.1, 0.15) is 6.42 Å². The first-order valence-corrected chi connectivity index (χ1v) is 5.01.